The molecule has 1 unspecified atom stereocenters. The maximum atomic E-state index is 12.7. The number of unbranched alkanes of at least 4 members (excludes halogenated alkanes) is 21. The monoisotopic (exact) mass is 813 g/mol. The summed E-state index contributed by atoms with van der Waals surface area (Å²) in [6.45, 7) is 4.35. The molecule has 0 bridgehead atoms. The summed E-state index contributed by atoms with van der Waals surface area (Å²) >= 11 is 0. The highest BCUT2D eigenvalue weighted by Crippen LogP contribution is 2.43. The molecule has 0 saturated carbocycles. The number of ether oxygens (including phenoxy) is 2. The zero-order chi connectivity index (χ0) is 41.4. The Balaban J connectivity index is 4.38. The van der Waals surface area contributed by atoms with Crippen molar-refractivity contribution in [3.8, 4) is 0 Å². The smallest absolute Gasteiger partial charge is 0.462 e. The van der Waals surface area contributed by atoms with Crippen LogP contribution in [0, 0.1) is 0 Å². The molecule has 10 heteroatoms. The van der Waals surface area contributed by atoms with E-state index in [4.69, 9.17) is 18.5 Å². The highest BCUT2D eigenvalue weighted by molar-refractivity contribution is 7.47. The summed E-state index contributed by atoms with van der Waals surface area (Å²) in [5, 5.41) is 0. The number of allylic oxidation sites excluding steroid dienone is 6. The van der Waals surface area contributed by atoms with E-state index in [9.17, 15) is 19.0 Å². The molecule has 0 aliphatic heterocycles. The Morgan fingerprint density at radius 2 is 1.00 bits per heavy atom. The van der Waals surface area contributed by atoms with Crippen LogP contribution in [-0.4, -0.2) is 74.9 Å². The first kappa shape index (κ1) is 54.2. The van der Waals surface area contributed by atoms with Crippen LogP contribution in [0.25, 0.3) is 0 Å². The van der Waals surface area contributed by atoms with Crippen LogP contribution in [0.4, 0.5) is 0 Å². The van der Waals surface area contributed by atoms with Crippen LogP contribution in [0.15, 0.2) is 36.5 Å². The fourth-order valence-electron chi connectivity index (χ4n) is 6.06. The molecular formula is C46H87NO8P+. The second kappa shape index (κ2) is 38.7. The van der Waals surface area contributed by atoms with Gasteiger partial charge in [0.25, 0.3) is 0 Å². The average Bonchev–Trinajstić information content (AvgIpc) is 3.15. The van der Waals surface area contributed by atoms with E-state index >= 15 is 0 Å². The number of likely N-dealkylation sites (N-methyl/N-ethyl adjacent to an activating group) is 1. The third-order valence-corrected chi connectivity index (χ3v) is 10.6. The third-order valence-electron chi connectivity index (χ3n) is 9.66. The van der Waals surface area contributed by atoms with Gasteiger partial charge >= 0.3 is 19.8 Å². The molecule has 0 aromatic rings. The lowest BCUT2D eigenvalue weighted by molar-refractivity contribution is -0.870. The summed E-state index contributed by atoms with van der Waals surface area (Å²) in [6.07, 6.45) is 43.4. The van der Waals surface area contributed by atoms with Crippen molar-refractivity contribution in [3.05, 3.63) is 36.5 Å². The van der Waals surface area contributed by atoms with Crippen LogP contribution in [0.5, 0.6) is 0 Å². The highest BCUT2D eigenvalue weighted by atomic mass is 31.2. The Kier molecular flexibility index (Phi) is 37.5. The van der Waals surface area contributed by atoms with Gasteiger partial charge in [-0.3, -0.25) is 18.6 Å². The van der Waals surface area contributed by atoms with Gasteiger partial charge in [-0.2, -0.15) is 0 Å². The van der Waals surface area contributed by atoms with Crippen LogP contribution in [0.3, 0.4) is 0 Å². The second-order valence-electron chi connectivity index (χ2n) is 16.4. The Hall–Kier alpha value is -1.77. The van der Waals surface area contributed by atoms with Crippen molar-refractivity contribution < 1.29 is 42.1 Å². The van der Waals surface area contributed by atoms with Gasteiger partial charge in [-0.25, -0.2) is 4.57 Å². The molecule has 1 N–H and O–H groups in total. The number of esters is 2. The van der Waals surface area contributed by atoms with E-state index in [0.29, 0.717) is 17.4 Å². The lowest BCUT2D eigenvalue weighted by Gasteiger charge is -2.24. The molecule has 9 nitrogen and oxygen atoms in total. The summed E-state index contributed by atoms with van der Waals surface area (Å²) in [5.74, 6) is -0.862. The van der Waals surface area contributed by atoms with Gasteiger partial charge in [-0.05, 0) is 57.8 Å². The number of carbonyl (C=O) groups excluding carboxylic acids is 2. The number of phosphoric acid groups is 1. The van der Waals surface area contributed by atoms with E-state index < -0.39 is 26.5 Å². The molecular weight excluding hydrogens is 725 g/mol. The average molecular weight is 813 g/mol. The molecule has 328 valence electrons. The molecule has 0 radical (unpaired) electrons. The van der Waals surface area contributed by atoms with Crippen molar-refractivity contribution in [1.82, 2.24) is 0 Å². The number of phosphoric ester groups is 1. The minimum absolute atomic E-state index is 0.0248. The SMILES string of the molecule is CCCCC/C=C/C/C=C/CCCCCCCCCC(=O)OC[C@H](COP(=O)(O)OCC[N+](C)(C)C)OC(=O)CC/C=C/CCCCCCCCCCCCC. The minimum atomic E-state index is -4.38. The number of carbonyl (C=O) groups is 2. The Bertz CT molecular complexity index is 1050. The maximum Gasteiger partial charge on any atom is 0.472 e. The summed E-state index contributed by atoms with van der Waals surface area (Å²) in [4.78, 5) is 35.3. The first-order chi connectivity index (χ1) is 27.0. The van der Waals surface area contributed by atoms with Gasteiger partial charge in [0.05, 0.1) is 27.7 Å². The zero-order valence-corrected chi connectivity index (χ0v) is 37.8. The molecule has 0 fully saturated rings. The number of quaternary nitrogens is 1. The van der Waals surface area contributed by atoms with E-state index in [2.05, 4.69) is 44.2 Å². The third kappa shape index (κ3) is 41.9. The Morgan fingerprint density at radius 1 is 0.554 bits per heavy atom. The van der Waals surface area contributed by atoms with Crippen LogP contribution in [0.1, 0.15) is 194 Å². The molecule has 0 heterocycles. The summed E-state index contributed by atoms with van der Waals surface area (Å²) in [7, 11) is 1.45. The second-order valence-corrected chi connectivity index (χ2v) is 17.9. The van der Waals surface area contributed by atoms with E-state index in [1.54, 1.807) is 0 Å². The number of nitrogens with zero attached hydrogens (tertiary/aromatic N) is 1. The molecule has 0 amide bonds. The van der Waals surface area contributed by atoms with Crippen LogP contribution < -0.4 is 0 Å². The number of hydrogen-bond acceptors (Lipinski definition) is 7. The number of rotatable bonds is 41. The lowest BCUT2D eigenvalue weighted by Crippen LogP contribution is -2.37. The molecule has 0 saturated heterocycles. The standard InChI is InChI=1S/C46H86NO8P/c1-6-8-10-12-14-16-18-20-22-23-25-26-28-30-32-34-36-38-45(48)52-42-44(43-54-56(50,51)53-41-40-47(3,4)5)55-46(49)39-37-35-33-31-29-27-24-21-19-17-15-13-11-9-7-2/h14,16,20,22,33,35,44H,6-13,15,17-19,21,23-32,34,36-43H2,1-5H3/p+1/b16-14+,22-20+,35-33+/t44-/m1/s1. The predicted molar refractivity (Wildman–Crippen MR) is 234 cm³/mol. The van der Waals surface area contributed by atoms with E-state index in [0.717, 1.165) is 51.4 Å². The predicted octanol–water partition coefficient (Wildman–Crippen LogP) is 12.9. The van der Waals surface area contributed by atoms with Crippen molar-refractivity contribution in [1.29, 1.82) is 0 Å². The highest BCUT2D eigenvalue weighted by Gasteiger charge is 2.27. The van der Waals surface area contributed by atoms with Gasteiger partial charge in [-0.15, -0.1) is 0 Å². The van der Waals surface area contributed by atoms with Gasteiger partial charge < -0.3 is 18.9 Å². The summed E-state index contributed by atoms with van der Waals surface area (Å²) in [5.41, 5.74) is 0. The van der Waals surface area contributed by atoms with Gasteiger partial charge in [0.2, 0.25) is 0 Å². The summed E-state index contributed by atoms with van der Waals surface area (Å²) < 4.78 is 34.3. The van der Waals surface area contributed by atoms with E-state index in [-0.39, 0.29) is 32.0 Å². The molecule has 0 rings (SSSR count). The topological polar surface area (TPSA) is 108 Å². The van der Waals surface area contributed by atoms with Crippen molar-refractivity contribution in [2.75, 3.05) is 47.5 Å². The Morgan fingerprint density at radius 3 is 1.54 bits per heavy atom. The van der Waals surface area contributed by atoms with Gasteiger partial charge in [0.15, 0.2) is 6.10 Å². The first-order valence-electron chi connectivity index (χ1n) is 22.7. The summed E-state index contributed by atoms with van der Waals surface area (Å²) in [6, 6.07) is 0. The van der Waals surface area contributed by atoms with Crippen molar-refractivity contribution in [2.45, 2.75) is 200 Å². The van der Waals surface area contributed by atoms with Gasteiger partial charge in [0, 0.05) is 12.8 Å². The first-order valence-corrected chi connectivity index (χ1v) is 24.2. The normalized spacial score (nSPS) is 13.9. The molecule has 56 heavy (non-hydrogen) atoms. The largest absolute Gasteiger partial charge is 0.472 e. The molecule has 2 atom stereocenters. The van der Waals surface area contributed by atoms with Crippen LogP contribution in [0.2, 0.25) is 0 Å². The van der Waals surface area contributed by atoms with Crippen molar-refractivity contribution in [3.63, 3.8) is 0 Å². The quantitative estimate of drug-likeness (QED) is 0.0214. The van der Waals surface area contributed by atoms with Crippen molar-refractivity contribution in [2.24, 2.45) is 0 Å². The van der Waals surface area contributed by atoms with Crippen molar-refractivity contribution >= 4 is 19.8 Å². The lowest BCUT2D eigenvalue weighted by atomic mass is 10.1. The minimum Gasteiger partial charge on any atom is -0.462 e. The van der Waals surface area contributed by atoms with E-state index in [1.165, 1.54) is 109 Å². The maximum absolute atomic E-state index is 12.7. The van der Waals surface area contributed by atoms with Gasteiger partial charge in [0.1, 0.15) is 19.8 Å². The Labute approximate surface area is 344 Å². The number of hydrogen-bond donors (Lipinski definition) is 1. The van der Waals surface area contributed by atoms with Gasteiger partial charge in [-0.1, -0.05) is 159 Å². The van der Waals surface area contributed by atoms with E-state index in [1.807, 2.05) is 27.2 Å². The van der Waals surface area contributed by atoms with Crippen LogP contribution >= 0.6 is 7.82 Å². The zero-order valence-electron chi connectivity index (χ0n) is 36.9. The molecule has 0 aromatic heterocycles. The molecule has 0 spiro atoms. The molecule has 0 aliphatic rings. The fourth-order valence-corrected chi connectivity index (χ4v) is 6.80. The fraction of sp³-hybridized carbons (Fsp3) is 0.826. The molecule has 0 aliphatic carbocycles. The molecule has 0 aromatic carbocycles. The van der Waals surface area contributed by atoms with Crippen LogP contribution in [-0.2, 0) is 32.7 Å².